The minimum atomic E-state index is -0.355. The van der Waals surface area contributed by atoms with E-state index in [4.69, 9.17) is 4.74 Å². The maximum Gasteiger partial charge on any atom is 0.270 e. The quantitative estimate of drug-likeness (QED) is 0.817. The number of rotatable bonds is 6. The molecule has 2 aromatic heterocycles. The average Bonchev–Trinajstić information content (AvgIpc) is 3.44. The second-order valence-electron chi connectivity index (χ2n) is 7.85. The summed E-state index contributed by atoms with van der Waals surface area (Å²) in [5.41, 5.74) is 1.04. The molecule has 2 amide bonds. The highest BCUT2D eigenvalue weighted by Gasteiger charge is 2.24. The first-order chi connectivity index (χ1) is 12.8. The van der Waals surface area contributed by atoms with Crippen LogP contribution in [-0.4, -0.2) is 34.4 Å². The van der Waals surface area contributed by atoms with Gasteiger partial charge in [-0.1, -0.05) is 20.8 Å². The van der Waals surface area contributed by atoms with E-state index < -0.39 is 0 Å². The normalized spacial score (nSPS) is 13.7. The number of amides is 2. The van der Waals surface area contributed by atoms with Crippen molar-refractivity contribution in [2.75, 3.05) is 11.9 Å². The van der Waals surface area contributed by atoms with E-state index in [2.05, 4.69) is 41.4 Å². The van der Waals surface area contributed by atoms with Crippen LogP contribution in [0.2, 0.25) is 0 Å². The van der Waals surface area contributed by atoms with E-state index in [-0.39, 0.29) is 29.0 Å². The van der Waals surface area contributed by atoms with E-state index in [1.54, 1.807) is 18.3 Å². The number of hydrogen-bond acceptors (Lipinski definition) is 5. The number of hydrogen-bond donors (Lipinski definition) is 2. The lowest BCUT2D eigenvalue weighted by atomic mass is 9.99. The van der Waals surface area contributed by atoms with Crippen LogP contribution < -0.4 is 15.4 Å². The first-order valence-corrected chi connectivity index (χ1v) is 8.97. The molecule has 0 atom stereocenters. The first-order valence-electron chi connectivity index (χ1n) is 8.97. The molecule has 2 heterocycles. The second-order valence-corrected chi connectivity index (χ2v) is 7.85. The predicted molar refractivity (Wildman–Crippen MR) is 102 cm³/mol. The number of pyridine rings is 2. The lowest BCUT2D eigenvalue weighted by Crippen LogP contribution is -2.26. The van der Waals surface area contributed by atoms with Crippen molar-refractivity contribution in [3.8, 4) is 5.75 Å². The van der Waals surface area contributed by atoms with Crippen molar-refractivity contribution in [2.24, 2.45) is 5.41 Å². The zero-order chi connectivity index (χ0) is 19.4. The fourth-order valence-electron chi connectivity index (χ4n) is 2.27. The molecule has 1 aliphatic rings. The SMILES string of the molecule is CC(C)(C)COc1ccncc1NC(=O)c1ccnc(C(=O)NC2CC2)c1. The zero-order valence-electron chi connectivity index (χ0n) is 15.8. The molecule has 0 aromatic carbocycles. The zero-order valence-corrected chi connectivity index (χ0v) is 15.8. The van der Waals surface area contributed by atoms with Gasteiger partial charge >= 0.3 is 0 Å². The Balaban J connectivity index is 1.71. The van der Waals surface area contributed by atoms with Crippen molar-refractivity contribution in [1.29, 1.82) is 0 Å². The molecule has 2 N–H and O–H groups in total. The van der Waals surface area contributed by atoms with E-state index in [1.165, 1.54) is 18.5 Å². The van der Waals surface area contributed by atoms with Crippen molar-refractivity contribution < 1.29 is 14.3 Å². The lowest BCUT2D eigenvalue weighted by Gasteiger charge is -2.20. The lowest BCUT2D eigenvalue weighted by molar-refractivity contribution is 0.0946. The van der Waals surface area contributed by atoms with Crippen LogP contribution in [0, 0.1) is 5.41 Å². The molecule has 0 unspecified atom stereocenters. The summed E-state index contributed by atoms with van der Waals surface area (Å²) in [4.78, 5) is 32.9. The molecule has 0 saturated heterocycles. The summed E-state index contributed by atoms with van der Waals surface area (Å²) in [6.45, 7) is 6.70. The van der Waals surface area contributed by atoms with Gasteiger partial charge in [0.2, 0.25) is 0 Å². The number of anilines is 1. The van der Waals surface area contributed by atoms with Crippen LogP contribution in [0.3, 0.4) is 0 Å². The Hall–Kier alpha value is -2.96. The largest absolute Gasteiger partial charge is 0.491 e. The Morgan fingerprint density at radius 3 is 2.67 bits per heavy atom. The molecule has 142 valence electrons. The number of carbonyl (C=O) groups excluding carboxylic acids is 2. The van der Waals surface area contributed by atoms with E-state index >= 15 is 0 Å². The van der Waals surface area contributed by atoms with Gasteiger partial charge in [-0.2, -0.15) is 0 Å². The van der Waals surface area contributed by atoms with Crippen LogP contribution in [0.1, 0.15) is 54.5 Å². The molecular formula is C20H24N4O3. The van der Waals surface area contributed by atoms with Gasteiger partial charge in [-0.25, -0.2) is 0 Å². The Morgan fingerprint density at radius 1 is 1.19 bits per heavy atom. The average molecular weight is 368 g/mol. The standard InChI is InChI=1S/C20H24N4O3/c1-20(2,3)12-27-17-7-8-21-11-16(17)24-18(25)13-6-9-22-15(10-13)19(26)23-14-4-5-14/h6-11,14H,4-5,12H2,1-3H3,(H,23,26)(H,24,25). The summed E-state index contributed by atoms with van der Waals surface area (Å²) >= 11 is 0. The van der Waals surface area contributed by atoms with Crippen molar-refractivity contribution in [1.82, 2.24) is 15.3 Å². The van der Waals surface area contributed by atoms with Gasteiger partial charge in [0.15, 0.2) is 0 Å². The summed E-state index contributed by atoms with van der Waals surface area (Å²) in [5, 5.41) is 5.66. The van der Waals surface area contributed by atoms with E-state index in [9.17, 15) is 9.59 Å². The third-order valence-electron chi connectivity index (χ3n) is 3.86. The summed E-state index contributed by atoms with van der Waals surface area (Å²) in [6, 6.07) is 4.99. The van der Waals surface area contributed by atoms with Gasteiger partial charge in [-0.15, -0.1) is 0 Å². The molecule has 1 fully saturated rings. The second kappa shape index (κ2) is 7.73. The molecule has 7 heteroatoms. The fraction of sp³-hybridized carbons (Fsp3) is 0.400. The van der Waals surface area contributed by atoms with Gasteiger partial charge in [0.05, 0.1) is 12.8 Å². The van der Waals surface area contributed by atoms with Crippen molar-refractivity contribution in [2.45, 2.75) is 39.7 Å². The number of nitrogens with zero attached hydrogens (tertiary/aromatic N) is 2. The predicted octanol–water partition coefficient (Wildman–Crippen LogP) is 3.05. The van der Waals surface area contributed by atoms with Crippen LogP contribution in [0.5, 0.6) is 5.75 Å². The summed E-state index contributed by atoms with van der Waals surface area (Å²) in [5.74, 6) is -0.0664. The topological polar surface area (TPSA) is 93.2 Å². The third-order valence-corrected chi connectivity index (χ3v) is 3.86. The Labute approximate surface area is 158 Å². The molecule has 3 rings (SSSR count). The number of nitrogens with one attached hydrogen (secondary N) is 2. The van der Waals surface area contributed by atoms with E-state index in [0.717, 1.165) is 12.8 Å². The molecule has 0 bridgehead atoms. The summed E-state index contributed by atoms with van der Waals surface area (Å²) < 4.78 is 5.82. The van der Waals surface area contributed by atoms with Crippen LogP contribution in [0.25, 0.3) is 0 Å². The number of carbonyl (C=O) groups is 2. The minimum Gasteiger partial charge on any atom is -0.491 e. The molecule has 1 saturated carbocycles. The van der Waals surface area contributed by atoms with Crippen LogP contribution in [0.4, 0.5) is 5.69 Å². The van der Waals surface area contributed by atoms with Gasteiger partial charge in [-0.05, 0) is 30.4 Å². The molecule has 1 aliphatic carbocycles. The highest BCUT2D eigenvalue weighted by Crippen LogP contribution is 2.26. The molecule has 7 nitrogen and oxygen atoms in total. The molecule has 27 heavy (non-hydrogen) atoms. The first kappa shape index (κ1) is 18.8. The third kappa shape index (κ3) is 5.51. The van der Waals surface area contributed by atoms with Crippen LogP contribution >= 0.6 is 0 Å². The van der Waals surface area contributed by atoms with E-state index in [1.807, 2.05) is 0 Å². The molecular weight excluding hydrogens is 344 g/mol. The maximum absolute atomic E-state index is 12.6. The minimum absolute atomic E-state index is 0.0144. The highest BCUT2D eigenvalue weighted by atomic mass is 16.5. The van der Waals surface area contributed by atoms with Crippen molar-refractivity contribution in [3.63, 3.8) is 0 Å². The molecule has 0 radical (unpaired) electrons. The Kier molecular flexibility index (Phi) is 5.39. The summed E-state index contributed by atoms with van der Waals surface area (Å²) in [7, 11) is 0. The highest BCUT2D eigenvalue weighted by molar-refractivity contribution is 6.06. The molecule has 0 spiro atoms. The fourth-order valence-corrected chi connectivity index (χ4v) is 2.27. The van der Waals surface area contributed by atoms with Gasteiger partial charge < -0.3 is 15.4 Å². The van der Waals surface area contributed by atoms with Crippen molar-refractivity contribution in [3.05, 3.63) is 48.0 Å². The van der Waals surface area contributed by atoms with Gasteiger partial charge in [0.25, 0.3) is 11.8 Å². The van der Waals surface area contributed by atoms with Gasteiger partial charge in [0, 0.05) is 30.1 Å². The van der Waals surface area contributed by atoms with Gasteiger partial charge in [0.1, 0.15) is 17.1 Å². The molecule has 0 aliphatic heterocycles. The number of ether oxygens (including phenoxy) is 1. The summed E-state index contributed by atoms with van der Waals surface area (Å²) in [6.07, 6.45) is 6.59. The smallest absolute Gasteiger partial charge is 0.270 e. The van der Waals surface area contributed by atoms with Crippen molar-refractivity contribution >= 4 is 17.5 Å². The van der Waals surface area contributed by atoms with E-state index in [0.29, 0.717) is 23.6 Å². The Morgan fingerprint density at radius 2 is 1.96 bits per heavy atom. The maximum atomic E-state index is 12.6. The molecule has 2 aromatic rings. The van der Waals surface area contributed by atoms with Crippen LogP contribution in [-0.2, 0) is 0 Å². The van der Waals surface area contributed by atoms with Crippen LogP contribution in [0.15, 0.2) is 36.8 Å². The van der Waals surface area contributed by atoms with Gasteiger partial charge in [-0.3, -0.25) is 19.6 Å². The Bertz CT molecular complexity index is 841. The number of aromatic nitrogens is 2. The monoisotopic (exact) mass is 368 g/mol.